The van der Waals surface area contributed by atoms with Gasteiger partial charge in [-0.1, -0.05) is 0 Å². The summed E-state index contributed by atoms with van der Waals surface area (Å²) in [5.41, 5.74) is 1.53. The first kappa shape index (κ1) is 13.7. The average molecular weight is 344 g/mol. The topological polar surface area (TPSA) is 0 Å². The van der Waals surface area contributed by atoms with Crippen LogP contribution in [0.4, 0.5) is 0 Å². The van der Waals surface area contributed by atoms with Gasteiger partial charge in [-0.2, -0.15) is 0 Å². The van der Waals surface area contributed by atoms with E-state index in [1.807, 2.05) is 0 Å². The third kappa shape index (κ3) is 4.16. The molecule has 0 bridgehead atoms. The summed E-state index contributed by atoms with van der Waals surface area (Å²) in [7, 11) is 0. The Kier molecular flexibility index (Phi) is 5.79. The second-order valence-corrected chi connectivity index (χ2v) is 12.3. The maximum atomic E-state index is 2.35. The SMILES string of the molecule is CCC[CH2][Sn]([CH2]c1ccccc1)[c]1ccccc1. The zero-order valence-electron chi connectivity index (χ0n) is 11.1. The maximum absolute atomic E-state index is 2.35. The third-order valence-electron chi connectivity index (χ3n) is 3.27. The molecule has 0 aromatic heterocycles. The van der Waals surface area contributed by atoms with E-state index in [-0.39, 0.29) is 0 Å². The van der Waals surface area contributed by atoms with Gasteiger partial charge in [-0.15, -0.1) is 0 Å². The Morgan fingerprint density at radius 1 is 0.833 bits per heavy atom. The molecule has 0 saturated carbocycles. The van der Waals surface area contributed by atoms with Gasteiger partial charge in [0, 0.05) is 0 Å². The van der Waals surface area contributed by atoms with Crippen LogP contribution in [0, 0.1) is 0 Å². The summed E-state index contributed by atoms with van der Waals surface area (Å²) in [5, 5.41) is 0. The summed E-state index contributed by atoms with van der Waals surface area (Å²) in [6.07, 6.45) is 2.72. The van der Waals surface area contributed by atoms with Crippen molar-refractivity contribution in [3.63, 3.8) is 0 Å². The van der Waals surface area contributed by atoms with Gasteiger partial charge in [-0.25, -0.2) is 0 Å². The Morgan fingerprint density at radius 3 is 2.06 bits per heavy atom. The molecule has 18 heavy (non-hydrogen) atoms. The molecule has 0 heterocycles. The van der Waals surface area contributed by atoms with E-state index in [0.29, 0.717) is 0 Å². The van der Waals surface area contributed by atoms with Gasteiger partial charge in [0.05, 0.1) is 0 Å². The van der Waals surface area contributed by atoms with Crippen molar-refractivity contribution in [3.8, 4) is 0 Å². The standard InChI is InChI=1S/C7H7.C6H5.C4H9.Sn/c1-7-5-3-2-4-6-7;1-2-4-6-5-3-1;1-3-4-2;/h2-6H,1H2;1-5H;1,3-4H2,2H3;. The first-order valence-electron chi connectivity index (χ1n) is 6.84. The van der Waals surface area contributed by atoms with Gasteiger partial charge in [0.1, 0.15) is 0 Å². The van der Waals surface area contributed by atoms with Crippen molar-refractivity contribution in [1.82, 2.24) is 0 Å². The molecular weight excluding hydrogens is 323 g/mol. The summed E-state index contributed by atoms with van der Waals surface area (Å²) >= 11 is -1.46. The molecule has 0 amide bonds. The van der Waals surface area contributed by atoms with Gasteiger partial charge >= 0.3 is 118 Å². The monoisotopic (exact) mass is 345 g/mol. The van der Waals surface area contributed by atoms with Crippen LogP contribution < -0.4 is 3.58 Å². The first-order valence-corrected chi connectivity index (χ1v) is 12.3. The molecule has 93 valence electrons. The van der Waals surface area contributed by atoms with E-state index < -0.39 is 19.8 Å². The average Bonchev–Trinajstić information content (AvgIpc) is 2.45. The quantitative estimate of drug-likeness (QED) is 0.696. The molecule has 0 fully saturated rings. The molecule has 0 atom stereocenters. The fraction of sp³-hybridized carbons (Fsp3) is 0.294. The number of hydrogen-bond donors (Lipinski definition) is 0. The first-order chi connectivity index (χ1) is 8.90. The molecule has 0 unspecified atom stereocenters. The van der Waals surface area contributed by atoms with Crippen molar-refractivity contribution in [2.45, 2.75) is 28.6 Å². The van der Waals surface area contributed by atoms with Crippen molar-refractivity contribution in [2.24, 2.45) is 0 Å². The normalized spacial score (nSPS) is 10.8. The van der Waals surface area contributed by atoms with Crippen LogP contribution in [0.3, 0.4) is 0 Å². The Labute approximate surface area is 118 Å². The van der Waals surface area contributed by atoms with E-state index in [0.717, 1.165) is 0 Å². The predicted octanol–water partition coefficient (Wildman–Crippen LogP) is 3.97. The van der Waals surface area contributed by atoms with Crippen molar-refractivity contribution in [2.75, 3.05) is 0 Å². The fourth-order valence-corrected chi connectivity index (χ4v) is 10.4. The molecule has 2 rings (SSSR count). The van der Waals surface area contributed by atoms with Gasteiger partial charge in [-0.3, -0.25) is 0 Å². The molecule has 0 aliphatic heterocycles. The Bertz CT molecular complexity index is 436. The summed E-state index contributed by atoms with van der Waals surface area (Å²) in [6.45, 7) is 2.30. The van der Waals surface area contributed by atoms with E-state index in [1.54, 1.807) is 3.58 Å². The zero-order chi connectivity index (χ0) is 12.6. The Morgan fingerprint density at radius 2 is 1.44 bits per heavy atom. The van der Waals surface area contributed by atoms with Crippen LogP contribution in [0.15, 0.2) is 60.7 Å². The minimum absolute atomic E-state index is 1.33. The van der Waals surface area contributed by atoms with Gasteiger partial charge in [0.25, 0.3) is 0 Å². The molecule has 0 spiro atoms. The van der Waals surface area contributed by atoms with Gasteiger partial charge in [0.2, 0.25) is 0 Å². The molecule has 0 aliphatic carbocycles. The number of unbranched alkanes of at least 4 members (excludes halogenated alkanes) is 1. The molecule has 1 heteroatoms. The molecule has 0 saturated heterocycles. The van der Waals surface area contributed by atoms with Crippen molar-refractivity contribution < 1.29 is 0 Å². The van der Waals surface area contributed by atoms with Crippen LogP contribution in [-0.2, 0) is 4.44 Å². The third-order valence-corrected chi connectivity index (χ3v) is 11.7. The van der Waals surface area contributed by atoms with Crippen LogP contribution in [0.5, 0.6) is 0 Å². The van der Waals surface area contributed by atoms with Crippen molar-refractivity contribution >= 4 is 23.3 Å². The second kappa shape index (κ2) is 7.62. The van der Waals surface area contributed by atoms with Crippen molar-refractivity contribution in [3.05, 3.63) is 66.2 Å². The zero-order valence-corrected chi connectivity index (χ0v) is 14.0. The number of hydrogen-bond acceptors (Lipinski definition) is 0. The van der Waals surface area contributed by atoms with Crippen LogP contribution >= 0.6 is 0 Å². The summed E-state index contributed by atoms with van der Waals surface area (Å²) in [4.78, 5) is 0. The van der Waals surface area contributed by atoms with Crippen LogP contribution in [0.1, 0.15) is 25.3 Å². The second-order valence-electron chi connectivity index (χ2n) is 4.74. The fourth-order valence-electron chi connectivity index (χ4n) is 2.24. The Hall–Kier alpha value is -0.761. The molecule has 0 N–H and O–H groups in total. The molecule has 1 radical (unpaired) electrons. The van der Waals surface area contributed by atoms with Gasteiger partial charge < -0.3 is 0 Å². The van der Waals surface area contributed by atoms with Crippen LogP contribution in [0.25, 0.3) is 0 Å². The van der Waals surface area contributed by atoms with Gasteiger partial charge in [-0.05, 0) is 0 Å². The number of rotatable bonds is 6. The number of benzene rings is 2. The van der Waals surface area contributed by atoms with Crippen LogP contribution in [-0.4, -0.2) is 19.8 Å². The predicted molar refractivity (Wildman–Crippen MR) is 81.7 cm³/mol. The van der Waals surface area contributed by atoms with Crippen molar-refractivity contribution in [1.29, 1.82) is 0 Å². The molecule has 2 aromatic carbocycles. The molecule has 2 aromatic rings. The summed E-state index contributed by atoms with van der Waals surface area (Å²) in [5.74, 6) is 0. The molecular formula is C17H21Sn. The molecule has 0 aliphatic rings. The van der Waals surface area contributed by atoms with E-state index in [2.05, 4.69) is 67.6 Å². The van der Waals surface area contributed by atoms with Crippen LogP contribution in [0.2, 0.25) is 4.44 Å². The molecule has 0 nitrogen and oxygen atoms in total. The minimum atomic E-state index is -1.46. The van der Waals surface area contributed by atoms with E-state index in [1.165, 1.54) is 27.3 Å². The van der Waals surface area contributed by atoms with E-state index in [9.17, 15) is 0 Å². The van der Waals surface area contributed by atoms with E-state index in [4.69, 9.17) is 0 Å². The van der Waals surface area contributed by atoms with Gasteiger partial charge in [0.15, 0.2) is 0 Å². The van der Waals surface area contributed by atoms with E-state index >= 15 is 0 Å². The Balaban J connectivity index is 2.10. The summed E-state index contributed by atoms with van der Waals surface area (Å²) < 4.78 is 4.52. The summed E-state index contributed by atoms with van der Waals surface area (Å²) in [6, 6.07) is 22.3.